The van der Waals surface area contributed by atoms with Gasteiger partial charge >= 0.3 is 0 Å². The van der Waals surface area contributed by atoms with Gasteiger partial charge in [-0.2, -0.15) is 5.10 Å². The Balaban J connectivity index is 1.69. The van der Waals surface area contributed by atoms with Gasteiger partial charge in [0.2, 0.25) is 0 Å². The predicted molar refractivity (Wildman–Crippen MR) is 117 cm³/mol. The van der Waals surface area contributed by atoms with Crippen LogP contribution in [0, 0.1) is 13.8 Å². The maximum absolute atomic E-state index is 12.0. The third kappa shape index (κ3) is 4.26. The van der Waals surface area contributed by atoms with Crippen molar-refractivity contribution < 1.29 is 13.2 Å². The maximum atomic E-state index is 12.0. The van der Waals surface area contributed by atoms with E-state index in [1.807, 2.05) is 19.9 Å². The smallest absolute Gasteiger partial charge is 0.289 e. The molecule has 1 aromatic heterocycles. The minimum Gasteiger partial charge on any atom is -0.300 e. The molecule has 1 N–H and O–H groups in total. The second-order valence-electron chi connectivity index (χ2n) is 7.05. The molecule has 2 fully saturated rings. The molecule has 1 amide bonds. The summed E-state index contributed by atoms with van der Waals surface area (Å²) >= 11 is 6.99. The van der Waals surface area contributed by atoms with Gasteiger partial charge in [-0.25, -0.2) is 13.4 Å². The topological polar surface area (TPSA) is 93.4 Å². The highest BCUT2D eigenvalue weighted by molar-refractivity contribution is 8.18. The molecule has 0 aliphatic carbocycles. The van der Waals surface area contributed by atoms with Gasteiger partial charge in [-0.3, -0.25) is 9.48 Å². The number of benzene rings is 1. The number of aromatic nitrogens is 2. The normalized spacial score (nSPS) is 23.8. The van der Waals surface area contributed by atoms with Crippen molar-refractivity contribution in [2.75, 3.05) is 11.5 Å². The fourth-order valence-corrected chi connectivity index (χ4v) is 6.03. The summed E-state index contributed by atoms with van der Waals surface area (Å²) in [6, 6.07) is 6.88. The van der Waals surface area contributed by atoms with E-state index in [2.05, 4.69) is 15.4 Å². The Kier molecular flexibility index (Phi) is 5.30. The van der Waals surface area contributed by atoms with E-state index in [0.29, 0.717) is 27.9 Å². The third-order valence-electron chi connectivity index (χ3n) is 4.93. The summed E-state index contributed by atoms with van der Waals surface area (Å²) in [5, 5.41) is 7.75. The lowest BCUT2D eigenvalue weighted by molar-refractivity contribution is 0.265. The molecule has 2 aliphatic rings. The van der Waals surface area contributed by atoms with Crippen LogP contribution >= 0.6 is 23.4 Å². The van der Waals surface area contributed by atoms with Crippen molar-refractivity contribution in [1.29, 1.82) is 0 Å². The molecular weight excluding hydrogens is 432 g/mol. The van der Waals surface area contributed by atoms with Crippen LogP contribution in [0.1, 0.15) is 29.4 Å². The Morgan fingerprint density at radius 2 is 2.03 bits per heavy atom. The van der Waals surface area contributed by atoms with Gasteiger partial charge in [-0.05, 0) is 62.4 Å². The summed E-state index contributed by atoms with van der Waals surface area (Å²) in [5.74, 6) is 0.777. The number of aryl methyl sites for hydroxylation is 1. The number of carbonyl (C=O) groups is 1. The number of thioether (sulfide) groups is 1. The lowest BCUT2D eigenvalue weighted by atomic mass is 10.1. The minimum absolute atomic E-state index is 0.114. The number of amidine groups is 1. The molecule has 1 unspecified atom stereocenters. The summed E-state index contributed by atoms with van der Waals surface area (Å²) in [5.41, 5.74) is 3.21. The van der Waals surface area contributed by atoms with Crippen LogP contribution in [0.25, 0.3) is 6.08 Å². The van der Waals surface area contributed by atoms with Gasteiger partial charge in [0.25, 0.3) is 5.24 Å². The summed E-state index contributed by atoms with van der Waals surface area (Å²) in [7, 11) is -3.00. The van der Waals surface area contributed by atoms with Gasteiger partial charge < -0.3 is 5.32 Å². The molecule has 3 heterocycles. The molecular formula is C19H19ClN4O3S2. The third-order valence-corrected chi connectivity index (χ3v) is 7.76. The van der Waals surface area contributed by atoms with Gasteiger partial charge in [0.15, 0.2) is 9.84 Å². The molecule has 29 heavy (non-hydrogen) atoms. The van der Waals surface area contributed by atoms with Crippen LogP contribution in [0.3, 0.4) is 0 Å². The number of rotatable bonds is 3. The molecule has 4 rings (SSSR count). The zero-order valence-electron chi connectivity index (χ0n) is 15.8. The lowest BCUT2D eigenvalue weighted by Crippen LogP contribution is -2.18. The summed E-state index contributed by atoms with van der Waals surface area (Å²) in [4.78, 5) is 17.2. The van der Waals surface area contributed by atoms with Crippen LogP contribution in [0.4, 0.5) is 10.5 Å². The van der Waals surface area contributed by atoms with Crippen LogP contribution in [0.15, 0.2) is 34.2 Å². The number of halogens is 1. The molecule has 0 saturated carbocycles. The largest absolute Gasteiger partial charge is 0.300 e. The molecule has 2 saturated heterocycles. The number of nitrogens with one attached hydrogen (secondary N) is 1. The first-order valence-corrected chi connectivity index (χ1v) is 12.0. The molecule has 0 radical (unpaired) electrons. The summed E-state index contributed by atoms with van der Waals surface area (Å²) in [6.45, 7) is 3.80. The maximum Gasteiger partial charge on any atom is 0.289 e. The first-order valence-electron chi connectivity index (χ1n) is 9.03. The molecule has 7 nitrogen and oxygen atoms in total. The van der Waals surface area contributed by atoms with E-state index in [1.54, 1.807) is 28.9 Å². The van der Waals surface area contributed by atoms with Crippen molar-refractivity contribution in [1.82, 2.24) is 15.1 Å². The number of nitrogens with zero attached hydrogens (tertiary/aromatic N) is 3. The van der Waals surface area contributed by atoms with Crippen molar-refractivity contribution in [2.24, 2.45) is 4.99 Å². The SMILES string of the molecule is Cc1nn(C2CCS(=O)(=O)C2)c(C)c1C=C1SC(=O)NC1=Nc1ccc(Cl)cc1. The van der Waals surface area contributed by atoms with E-state index in [-0.39, 0.29) is 22.8 Å². The van der Waals surface area contributed by atoms with Crippen LogP contribution < -0.4 is 5.32 Å². The van der Waals surface area contributed by atoms with Gasteiger partial charge in [-0.1, -0.05) is 11.6 Å². The van der Waals surface area contributed by atoms with E-state index >= 15 is 0 Å². The van der Waals surface area contributed by atoms with Crippen molar-refractivity contribution >= 4 is 56.0 Å². The van der Waals surface area contributed by atoms with Crippen LogP contribution in [-0.2, 0) is 9.84 Å². The van der Waals surface area contributed by atoms with E-state index in [9.17, 15) is 13.2 Å². The highest BCUT2D eigenvalue weighted by Gasteiger charge is 2.32. The Bertz CT molecular complexity index is 1150. The summed E-state index contributed by atoms with van der Waals surface area (Å²) in [6.07, 6.45) is 2.45. The number of hydrogen-bond acceptors (Lipinski definition) is 6. The number of aliphatic imine (C=N–C) groups is 1. The average molecular weight is 451 g/mol. The van der Waals surface area contributed by atoms with Crippen molar-refractivity contribution in [3.05, 3.63) is 51.1 Å². The molecule has 0 bridgehead atoms. The van der Waals surface area contributed by atoms with Gasteiger partial charge in [0, 0.05) is 16.3 Å². The van der Waals surface area contributed by atoms with E-state index in [0.717, 1.165) is 28.7 Å². The quantitative estimate of drug-likeness (QED) is 0.761. The number of sulfone groups is 1. The van der Waals surface area contributed by atoms with Crippen LogP contribution in [-0.4, -0.2) is 40.8 Å². The zero-order chi connectivity index (χ0) is 20.8. The van der Waals surface area contributed by atoms with Crippen molar-refractivity contribution in [2.45, 2.75) is 26.3 Å². The van der Waals surface area contributed by atoms with Crippen molar-refractivity contribution in [3.63, 3.8) is 0 Å². The molecule has 10 heteroatoms. The fraction of sp³-hybridized carbons (Fsp3) is 0.316. The molecule has 0 spiro atoms. The second kappa shape index (κ2) is 7.62. The number of carbonyl (C=O) groups excluding carboxylic acids is 1. The zero-order valence-corrected chi connectivity index (χ0v) is 18.2. The van der Waals surface area contributed by atoms with E-state index in [1.165, 1.54) is 0 Å². The minimum atomic E-state index is -3.00. The van der Waals surface area contributed by atoms with Crippen LogP contribution in [0.5, 0.6) is 0 Å². The van der Waals surface area contributed by atoms with Gasteiger partial charge in [0.05, 0.1) is 33.8 Å². The highest BCUT2D eigenvalue weighted by atomic mass is 35.5. The standard InChI is InChI=1S/C19H19ClN4O3S2/c1-11-16(12(2)24(23-11)15-7-8-29(26,27)10-15)9-17-18(22-19(25)28-17)21-14-5-3-13(20)4-6-14/h3-6,9,15H,7-8,10H2,1-2H3,(H,21,22,25). The number of amides is 1. The second-order valence-corrected chi connectivity index (χ2v) is 10.7. The molecule has 1 atom stereocenters. The fourth-order valence-electron chi connectivity index (χ4n) is 3.50. The first-order chi connectivity index (χ1) is 13.7. The Morgan fingerprint density at radius 1 is 1.31 bits per heavy atom. The van der Waals surface area contributed by atoms with Gasteiger partial charge in [0.1, 0.15) is 5.84 Å². The van der Waals surface area contributed by atoms with Crippen molar-refractivity contribution in [3.8, 4) is 0 Å². The lowest BCUT2D eigenvalue weighted by Gasteiger charge is -2.11. The Morgan fingerprint density at radius 3 is 2.69 bits per heavy atom. The Labute approximate surface area is 178 Å². The molecule has 2 aliphatic heterocycles. The molecule has 152 valence electrons. The number of hydrogen-bond donors (Lipinski definition) is 1. The Hall–Kier alpha value is -2.10. The molecule has 1 aromatic carbocycles. The highest BCUT2D eigenvalue weighted by Crippen LogP contribution is 2.32. The van der Waals surface area contributed by atoms with E-state index < -0.39 is 9.84 Å². The average Bonchev–Trinajstić information content (AvgIpc) is 3.28. The summed E-state index contributed by atoms with van der Waals surface area (Å²) < 4.78 is 25.5. The molecule has 2 aromatic rings. The van der Waals surface area contributed by atoms with E-state index in [4.69, 9.17) is 11.6 Å². The van der Waals surface area contributed by atoms with Gasteiger partial charge in [-0.15, -0.1) is 0 Å². The predicted octanol–water partition coefficient (Wildman–Crippen LogP) is 4.04. The van der Waals surface area contributed by atoms with Crippen LogP contribution in [0.2, 0.25) is 5.02 Å². The first kappa shape index (κ1) is 20.2. The monoisotopic (exact) mass is 450 g/mol.